The van der Waals surface area contributed by atoms with E-state index in [2.05, 4.69) is 33.9 Å². The van der Waals surface area contributed by atoms with Crippen LogP contribution in [0.3, 0.4) is 0 Å². The maximum atomic E-state index is 12.1. The summed E-state index contributed by atoms with van der Waals surface area (Å²) >= 11 is 2.27. The highest BCUT2D eigenvalue weighted by Gasteiger charge is 2.31. The van der Waals surface area contributed by atoms with Crippen molar-refractivity contribution < 1.29 is 22.6 Å². The molecule has 1 aliphatic heterocycles. The van der Waals surface area contributed by atoms with Crippen LogP contribution in [0.5, 0.6) is 0 Å². The minimum absolute atomic E-state index is 0.122. The van der Waals surface area contributed by atoms with Crippen molar-refractivity contribution >= 4 is 22.6 Å². The summed E-state index contributed by atoms with van der Waals surface area (Å²) in [7, 11) is 0. The molecule has 0 amide bonds. The maximum Gasteiger partial charge on any atom is 0.573 e. The molecule has 0 spiro atoms. The van der Waals surface area contributed by atoms with Gasteiger partial charge >= 0.3 is 6.36 Å². The van der Waals surface area contributed by atoms with E-state index >= 15 is 0 Å². The van der Waals surface area contributed by atoms with Gasteiger partial charge in [-0.25, -0.2) is 0 Å². The van der Waals surface area contributed by atoms with Crippen LogP contribution in [0.1, 0.15) is 26.2 Å². The molecule has 1 fully saturated rings. The fourth-order valence-electron chi connectivity index (χ4n) is 1.90. The van der Waals surface area contributed by atoms with E-state index in [0.717, 1.165) is 23.7 Å². The van der Waals surface area contributed by atoms with E-state index < -0.39 is 6.36 Å². The van der Waals surface area contributed by atoms with Gasteiger partial charge in [0.1, 0.15) is 5.76 Å². The Kier molecular flexibility index (Phi) is 7.08. The lowest BCUT2D eigenvalue weighted by Gasteiger charge is -2.29. The van der Waals surface area contributed by atoms with Gasteiger partial charge in [0.2, 0.25) is 0 Å². The Morgan fingerprint density at radius 3 is 2.65 bits per heavy atom. The Bertz CT molecular complexity index is 388. The van der Waals surface area contributed by atoms with E-state index in [1.54, 1.807) is 0 Å². The smallest absolute Gasteiger partial charge is 0.406 e. The highest BCUT2D eigenvalue weighted by Crippen LogP contribution is 2.26. The number of rotatable bonds is 5. The van der Waals surface area contributed by atoms with Gasteiger partial charge in [-0.3, -0.25) is 0 Å². The standard InChI is InChI=1S/C14H18F3IO2/c1-3-11(20-14(15,16)17)8-7-10(2)13-6-4-5-12(9-18)19-13/h3,7-8,12-13H,2,4-6,9H2,1H3/b8-7-,11-3+/t12-,13+/m1/s1. The van der Waals surface area contributed by atoms with Crippen LogP contribution in [0, 0.1) is 0 Å². The predicted molar refractivity (Wildman–Crippen MR) is 80.6 cm³/mol. The van der Waals surface area contributed by atoms with Gasteiger partial charge in [-0.1, -0.05) is 35.2 Å². The average molecular weight is 402 g/mol. The van der Waals surface area contributed by atoms with Gasteiger partial charge in [0.25, 0.3) is 0 Å². The molecule has 0 saturated carbocycles. The minimum atomic E-state index is -4.68. The third-order valence-corrected chi connectivity index (χ3v) is 3.90. The lowest BCUT2D eigenvalue weighted by Crippen LogP contribution is -2.29. The number of ether oxygens (including phenoxy) is 2. The van der Waals surface area contributed by atoms with E-state index in [1.807, 2.05) is 0 Å². The van der Waals surface area contributed by atoms with Crippen LogP contribution in [-0.4, -0.2) is 23.0 Å². The third kappa shape index (κ3) is 6.30. The summed E-state index contributed by atoms with van der Waals surface area (Å²) in [5.41, 5.74) is 0.671. The SMILES string of the molecule is C=C(/C=C\C(=C/C)OC(F)(F)F)[C@@H]1CCC[C@H](CI)O1. The molecule has 0 N–H and O–H groups in total. The molecular formula is C14H18F3IO2. The van der Waals surface area contributed by atoms with Gasteiger partial charge in [-0.05, 0) is 43.9 Å². The monoisotopic (exact) mass is 402 g/mol. The van der Waals surface area contributed by atoms with Crippen molar-refractivity contribution in [2.24, 2.45) is 0 Å². The summed E-state index contributed by atoms with van der Waals surface area (Å²) < 4.78 is 47.0. The van der Waals surface area contributed by atoms with E-state index in [-0.39, 0.29) is 18.0 Å². The summed E-state index contributed by atoms with van der Waals surface area (Å²) in [6.45, 7) is 5.36. The zero-order chi connectivity index (χ0) is 15.2. The quantitative estimate of drug-likeness (QED) is 0.282. The number of alkyl halides is 4. The van der Waals surface area contributed by atoms with Crippen molar-refractivity contribution in [1.29, 1.82) is 0 Å². The van der Waals surface area contributed by atoms with Crippen LogP contribution in [0.2, 0.25) is 0 Å². The van der Waals surface area contributed by atoms with Gasteiger partial charge < -0.3 is 9.47 Å². The highest BCUT2D eigenvalue weighted by atomic mass is 127. The molecule has 1 saturated heterocycles. The molecule has 20 heavy (non-hydrogen) atoms. The summed E-state index contributed by atoms with van der Waals surface area (Å²) in [4.78, 5) is 0. The van der Waals surface area contributed by atoms with Gasteiger partial charge in [0.05, 0.1) is 12.2 Å². The average Bonchev–Trinajstić information content (AvgIpc) is 2.41. The Labute approximate surface area is 130 Å². The van der Waals surface area contributed by atoms with Crippen molar-refractivity contribution in [1.82, 2.24) is 0 Å². The van der Waals surface area contributed by atoms with Gasteiger partial charge in [-0.2, -0.15) is 0 Å². The molecule has 2 atom stereocenters. The first-order chi connectivity index (χ1) is 9.35. The largest absolute Gasteiger partial charge is 0.573 e. The van der Waals surface area contributed by atoms with Gasteiger partial charge in [0.15, 0.2) is 0 Å². The second kappa shape index (κ2) is 8.07. The molecule has 0 bridgehead atoms. The number of hydrogen-bond acceptors (Lipinski definition) is 2. The molecule has 1 aliphatic rings. The maximum absolute atomic E-state index is 12.1. The first kappa shape index (κ1) is 17.6. The van der Waals surface area contributed by atoms with Crippen LogP contribution in [0.4, 0.5) is 13.2 Å². The topological polar surface area (TPSA) is 18.5 Å². The Hall–Kier alpha value is -0.500. The molecule has 0 unspecified atom stereocenters. The van der Waals surface area contributed by atoms with Crippen molar-refractivity contribution in [3.63, 3.8) is 0 Å². The summed E-state index contributed by atoms with van der Waals surface area (Å²) in [5, 5.41) is 0. The Morgan fingerprint density at radius 2 is 2.10 bits per heavy atom. The molecule has 0 radical (unpaired) electrons. The number of hydrogen-bond donors (Lipinski definition) is 0. The first-order valence-corrected chi connectivity index (χ1v) is 7.88. The van der Waals surface area contributed by atoms with Crippen LogP contribution in [-0.2, 0) is 9.47 Å². The minimum Gasteiger partial charge on any atom is -0.406 e. The van der Waals surface area contributed by atoms with Crippen molar-refractivity contribution in [2.45, 2.75) is 44.8 Å². The van der Waals surface area contributed by atoms with Gasteiger partial charge in [-0.15, -0.1) is 13.2 Å². The zero-order valence-electron chi connectivity index (χ0n) is 11.3. The lowest BCUT2D eigenvalue weighted by atomic mass is 9.99. The molecule has 1 heterocycles. The molecule has 114 valence electrons. The molecule has 0 aliphatic carbocycles. The van der Waals surface area contributed by atoms with E-state index in [9.17, 15) is 13.2 Å². The Morgan fingerprint density at radius 1 is 1.40 bits per heavy atom. The molecule has 2 nitrogen and oxygen atoms in total. The lowest BCUT2D eigenvalue weighted by molar-refractivity contribution is -0.303. The van der Waals surface area contributed by atoms with Crippen molar-refractivity contribution in [3.8, 4) is 0 Å². The van der Waals surface area contributed by atoms with Crippen LogP contribution < -0.4 is 0 Å². The highest BCUT2D eigenvalue weighted by molar-refractivity contribution is 14.1. The summed E-state index contributed by atoms with van der Waals surface area (Å²) in [6, 6.07) is 0. The predicted octanol–water partition coefficient (Wildman–Crippen LogP) is 4.91. The van der Waals surface area contributed by atoms with Crippen LogP contribution in [0.25, 0.3) is 0 Å². The number of halogens is 4. The van der Waals surface area contributed by atoms with E-state index in [4.69, 9.17) is 4.74 Å². The zero-order valence-corrected chi connectivity index (χ0v) is 13.4. The molecule has 6 heteroatoms. The molecule has 0 aromatic heterocycles. The second-order valence-electron chi connectivity index (χ2n) is 4.48. The van der Waals surface area contributed by atoms with Crippen molar-refractivity contribution in [3.05, 3.63) is 36.1 Å². The van der Waals surface area contributed by atoms with Crippen LogP contribution in [0.15, 0.2) is 36.1 Å². The fourth-order valence-corrected chi connectivity index (χ4v) is 2.55. The fraction of sp³-hybridized carbons (Fsp3) is 0.571. The molecular weight excluding hydrogens is 384 g/mol. The Balaban J connectivity index is 2.58. The molecule has 1 rings (SSSR count). The van der Waals surface area contributed by atoms with Crippen molar-refractivity contribution in [2.75, 3.05) is 4.43 Å². The molecule has 0 aromatic rings. The third-order valence-electron chi connectivity index (χ3n) is 2.91. The first-order valence-electron chi connectivity index (χ1n) is 6.36. The van der Waals surface area contributed by atoms with E-state index in [0.29, 0.717) is 5.57 Å². The van der Waals surface area contributed by atoms with Gasteiger partial charge in [0, 0.05) is 4.43 Å². The second-order valence-corrected chi connectivity index (χ2v) is 5.36. The summed E-state index contributed by atoms with van der Waals surface area (Å²) in [6.07, 6.45) is 2.37. The number of allylic oxidation sites excluding steroid dienone is 2. The van der Waals surface area contributed by atoms with E-state index in [1.165, 1.54) is 25.2 Å². The normalized spacial score (nSPS) is 24.9. The van der Waals surface area contributed by atoms with Crippen LogP contribution >= 0.6 is 22.6 Å². The molecule has 0 aromatic carbocycles. The summed E-state index contributed by atoms with van der Waals surface area (Å²) in [5.74, 6) is -0.250.